The minimum atomic E-state index is -0.538. The number of fused-ring (bicyclic) bond motifs is 1. The molecule has 0 fully saturated rings. The van der Waals surface area contributed by atoms with Crippen molar-refractivity contribution in [2.45, 2.75) is 6.42 Å². The van der Waals surface area contributed by atoms with Crippen LogP contribution >= 0.6 is 11.6 Å². The van der Waals surface area contributed by atoms with E-state index in [9.17, 15) is 9.18 Å². The highest BCUT2D eigenvalue weighted by Crippen LogP contribution is 2.28. The minimum absolute atomic E-state index is 0.0354. The van der Waals surface area contributed by atoms with Crippen LogP contribution in [0.15, 0.2) is 60.9 Å². The number of H-pyrrole nitrogens is 1. The van der Waals surface area contributed by atoms with E-state index in [1.807, 2.05) is 24.3 Å². The second-order valence-corrected chi connectivity index (χ2v) is 6.45. The number of aromatic nitrogens is 3. The summed E-state index contributed by atoms with van der Waals surface area (Å²) < 4.78 is 13.5. The first-order valence-electron chi connectivity index (χ1n) is 8.22. The maximum atomic E-state index is 13.5. The number of pyridine rings is 1. The van der Waals surface area contributed by atoms with E-state index in [1.54, 1.807) is 24.5 Å². The largest absolute Gasteiger partial charge is 0.326 e. The standard InChI is InChI=1S/C20H14ClFN4O/c21-16-3-1-12(9-17(16)22)10-19(27)24-14-2-4-18-15(11-14)20(26-25-18)13-5-7-23-8-6-13/h1-9,11H,10H2,(H,24,27)(H,25,26). The van der Waals surface area contributed by atoms with Gasteiger partial charge < -0.3 is 5.32 Å². The van der Waals surface area contributed by atoms with Crippen LogP contribution in [0.3, 0.4) is 0 Å². The third-order valence-electron chi connectivity index (χ3n) is 4.15. The van der Waals surface area contributed by atoms with Crippen LogP contribution in [0.2, 0.25) is 5.02 Å². The van der Waals surface area contributed by atoms with Gasteiger partial charge in [0.1, 0.15) is 11.5 Å². The maximum Gasteiger partial charge on any atom is 0.228 e. The lowest BCUT2D eigenvalue weighted by Gasteiger charge is -2.07. The Morgan fingerprint density at radius 3 is 2.70 bits per heavy atom. The van der Waals surface area contributed by atoms with Gasteiger partial charge in [0.05, 0.1) is 17.0 Å². The highest BCUT2D eigenvalue weighted by Gasteiger charge is 2.11. The van der Waals surface area contributed by atoms with Gasteiger partial charge >= 0.3 is 0 Å². The first kappa shape index (κ1) is 17.2. The van der Waals surface area contributed by atoms with Crippen LogP contribution in [0.5, 0.6) is 0 Å². The Bertz CT molecular complexity index is 1130. The average Bonchev–Trinajstić information content (AvgIpc) is 3.08. The zero-order valence-electron chi connectivity index (χ0n) is 14.0. The predicted molar refractivity (Wildman–Crippen MR) is 103 cm³/mol. The molecule has 2 heterocycles. The molecule has 134 valence electrons. The SMILES string of the molecule is O=C(Cc1ccc(Cl)c(F)c1)Nc1ccc2[nH]nc(-c3ccncc3)c2c1. The molecule has 1 amide bonds. The smallest absolute Gasteiger partial charge is 0.228 e. The van der Waals surface area contributed by atoms with Gasteiger partial charge in [-0.25, -0.2) is 4.39 Å². The maximum absolute atomic E-state index is 13.5. The number of hydrogen-bond donors (Lipinski definition) is 2. The van der Waals surface area contributed by atoms with Gasteiger partial charge in [0.15, 0.2) is 0 Å². The molecular weight excluding hydrogens is 367 g/mol. The highest BCUT2D eigenvalue weighted by molar-refractivity contribution is 6.30. The molecule has 0 atom stereocenters. The molecular formula is C20H14ClFN4O. The molecule has 4 aromatic rings. The second kappa shape index (κ2) is 7.17. The van der Waals surface area contributed by atoms with Gasteiger partial charge in [-0.15, -0.1) is 0 Å². The Labute approximate surface area is 159 Å². The predicted octanol–water partition coefficient (Wildman–Crippen LogP) is 4.60. The summed E-state index contributed by atoms with van der Waals surface area (Å²) in [6.07, 6.45) is 3.45. The Morgan fingerprint density at radius 1 is 1.11 bits per heavy atom. The van der Waals surface area contributed by atoms with Crippen LogP contribution in [0.1, 0.15) is 5.56 Å². The summed E-state index contributed by atoms with van der Waals surface area (Å²) in [5.41, 5.74) is 3.76. The van der Waals surface area contributed by atoms with Crippen molar-refractivity contribution in [3.63, 3.8) is 0 Å². The van der Waals surface area contributed by atoms with Gasteiger partial charge in [0, 0.05) is 29.0 Å². The summed E-state index contributed by atoms with van der Waals surface area (Å²) in [5, 5.41) is 11.1. The van der Waals surface area contributed by atoms with Crippen LogP contribution in [0.25, 0.3) is 22.2 Å². The zero-order valence-corrected chi connectivity index (χ0v) is 14.8. The Balaban J connectivity index is 1.57. The fourth-order valence-electron chi connectivity index (χ4n) is 2.86. The summed E-state index contributed by atoms with van der Waals surface area (Å²) >= 11 is 5.67. The molecule has 0 aliphatic heterocycles. The van der Waals surface area contributed by atoms with Crippen LogP contribution in [-0.4, -0.2) is 21.1 Å². The Morgan fingerprint density at radius 2 is 1.93 bits per heavy atom. The van der Waals surface area contributed by atoms with E-state index in [4.69, 9.17) is 11.6 Å². The lowest BCUT2D eigenvalue weighted by molar-refractivity contribution is -0.115. The van der Waals surface area contributed by atoms with E-state index in [0.29, 0.717) is 11.3 Å². The van der Waals surface area contributed by atoms with Crippen molar-refractivity contribution in [1.29, 1.82) is 0 Å². The van der Waals surface area contributed by atoms with Gasteiger partial charge in [-0.3, -0.25) is 14.9 Å². The number of halogens is 2. The van der Waals surface area contributed by atoms with Crippen molar-refractivity contribution in [2.75, 3.05) is 5.32 Å². The number of rotatable bonds is 4. The van der Waals surface area contributed by atoms with Gasteiger partial charge in [-0.05, 0) is 48.0 Å². The number of carbonyl (C=O) groups is 1. The highest BCUT2D eigenvalue weighted by atomic mass is 35.5. The van der Waals surface area contributed by atoms with Crippen LogP contribution in [0, 0.1) is 5.82 Å². The molecule has 7 heteroatoms. The average molecular weight is 381 g/mol. The molecule has 0 unspecified atom stereocenters. The van der Waals surface area contributed by atoms with Crippen molar-refractivity contribution in [3.05, 3.63) is 77.3 Å². The lowest BCUT2D eigenvalue weighted by atomic mass is 10.1. The number of amides is 1. The van der Waals surface area contributed by atoms with E-state index in [-0.39, 0.29) is 17.4 Å². The fourth-order valence-corrected chi connectivity index (χ4v) is 2.98. The molecule has 27 heavy (non-hydrogen) atoms. The van der Waals surface area contributed by atoms with Gasteiger partial charge in [-0.2, -0.15) is 5.10 Å². The molecule has 0 aliphatic rings. The van der Waals surface area contributed by atoms with Crippen molar-refractivity contribution in [3.8, 4) is 11.3 Å². The summed E-state index contributed by atoms with van der Waals surface area (Å²) in [6.45, 7) is 0. The normalized spacial score (nSPS) is 10.9. The third-order valence-corrected chi connectivity index (χ3v) is 4.46. The fraction of sp³-hybridized carbons (Fsp3) is 0.0500. The van der Waals surface area contributed by atoms with Gasteiger partial charge in [-0.1, -0.05) is 17.7 Å². The van der Waals surface area contributed by atoms with Crippen LogP contribution < -0.4 is 5.32 Å². The van der Waals surface area contributed by atoms with E-state index < -0.39 is 5.82 Å². The van der Waals surface area contributed by atoms with Crippen LogP contribution in [0.4, 0.5) is 10.1 Å². The van der Waals surface area contributed by atoms with Crippen LogP contribution in [-0.2, 0) is 11.2 Å². The van der Waals surface area contributed by atoms with Crippen molar-refractivity contribution in [1.82, 2.24) is 15.2 Å². The molecule has 0 bridgehead atoms. The molecule has 0 saturated carbocycles. The van der Waals surface area contributed by atoms with Crippen molar-refractivity contribution >= 4 is 34.1 Å². The lowest BCUT2D eigenvalue weighted by Crippen LogP contribution is -2.14. The molecule has 2 aromatic carbocycles. The quantitative estimate of drug-likeness (QED) is 0.543. The summed E-state index contributed by atoms with van der Waals surface area (Å²) in [5.74, 6) is -0.784. The molecule has 0 radical (unpaired) electrons. The van der Waals surface area contributed by atoms with E-state index in [1.165, 1.54) is 12.1 Å². The summed E-state index contributed by atoms with van der Waals surface area (Å²) in [6, 6.07) is 13.6. The summed E-state index contributed by atoms with van der Waals surface area (Å²) in [7, 11) is 0. The first-order chi connectivity index (χ1) is 13.1. The Kier molecular flexibility index (Phi) is 4.56. The number of anilines is 1. The van der Waals surface area contributed by atoms with E-state index in [0.717, 1.165) is 22.2 Å². The topological polar surface area (TPSA) is 70.7 Å². The molecule has 0 saturated heterocycles. The van der Waals surface area contributed by atoms with Gasteiger partial charge in [0.2, 0.25) is 5.91 Å². The van der Waals surface area contributed by atoms with Gasteiger partial charge in [0.25, 0.3) is 0 Å². The molecule has 2 N–H and O–H groups in total. The molecule has 2 aromatic heterocycles. The number of carbonyl (C=O) groups excluding carboxylic acids is 1. The van der Waals surface area contributed by atoms with E-state index in [2.05, 4.69) is 20.5 Å². The zero-order chi connectivity index (χ0) is 18.8. The second-order valence-electron chi connectivity index (χ2n) is 6.04. The molecule has 4 rings (SSSR count). The monoisotopic (exact) mass is 380 g/mol. The number of nitrogens with zero attached hydrogens (tertiary/aromatic N) is 2. The molecule has 0 spiro atoms. The molecule has 0 aliphatic carbocycles. The Hall–Kier alpha value is -3.25. The first-order valence-corrected chi connectivity index (χ1v) is 8.60. The number of nitrogens with one attached hydrogen (secondary N) is 2. The summed E-state index contributed by atoms with van der Waals surface area (Å²) in [4.78, 5) is 16.3. The minimum Gasteiger partial charge on any atom is -0.326 e. The van der Waals surface area contributed by atoms with Crippen molar-refractivity contribution in [2.24, 2.45) is 0 Å². The number of aromatic amines is 1. The number of benzene rings is 2. The number of hydrogen-bond acceptors (Lipinski definition) is 3. The third kappa shape index (κ3) is 3.66. The molecule has 5 nitrogen and oxygen atoms in total. The van der Waals surface area contributed by atoms with Crippen molar-refractivity contribution < 1.29 is 9.18 Å². The van der Waals surface area contributed by atoms with E-state index >= 15 is 0 Å².